The van der Waals surface area contributed by atoms with Gasteiger partial charge in [0.25, 0.3) is 0 Å². The molecule has 2 heterocycles. The summed E-state index contributed by atoms with van der Waals surface area (Å²) in [6.07, 6.45) is 1.80. The zero-order valence-electron chi connectivity index (χ0n) is 7.20. The molecule has 2 rings (SSSR count). The number of thiophene rings is 1. The fourth-order valence-electron chi connectivity index (χ4n) is 1.12. The summed E-state index contributed by atoms with van der Waals surface area (Å²) in [6.45, 7) is 0. The van der Waals surface area contributed by atoms with E-state index in [0.29, 0.717) is 0 Å². The average Bonchev–Trinajstić information content (AvgIpc) is 2.60. The predicted molar refractivity (Wildman–Crippen MR) is 72.2 cm³/mol. The zero-order chi connectivity index (χ0) is 9.42. The highest BCUT2D eigenvalue weighted by atomic mass is 79.9. The van der Waals surface area contributed by atoms with Crippen LogP contribution in [0.1, 0.15) is 0 Å². The lowest BCUT2D eigenvalue weighted by atomic mass is 10.4. The van der Waals surface area contributed by atoms with E-state index in [0.717, 1.165) is 14.1 Å². The summed E-state index contributed by atoms with van der Waals surface area (Å²) >= 11 is 8.56. The number of imidazole rings is 1. The van der Waals surface area contributed by atoms with Gasteiger partial charge in [0, 0.05) is 7.05 Å². The van der Waals surface area contributed by atoms with Crippen molar-refractivity contribution < 1.29 is 0 Å². The highest BCUT2D eigenvalue weighted by molar-refractivity contribution is 9.11. The first kappa shape index (κ1) is 12.4. The number of hydrogen-bond donors (Lipinski definition) is 0. The van der Waals surface area contributed by atoms with E-state index in [9.17, 15) is 0 Å². The summed E-state index contributed by atoms with van der Waals surface area (Å²) in [5.41, 5.74) is 1.12. The molecule has 2 aromatic rings. The van der Waals surface area contributed by atoms with E-state index in [1.54, 1.807) is 17.7 Å². The van der Waals surface area contributed by atoms with Crippen molar-refractivity contribution in [2.45, 2.75) is 0 Å². The number of hydrogen-bond acceptors (Lipinski definition) is 2. The molecule has 0 spiro atoms. The number of aryl methyl sites for hydroxylation is 1. The number of rotatable bonds is 1. The van der Waals surface area contributed by atoms with E-state index in [1.807, 2.05) is 17.7 Å². The topological polar surface area (TPSA) is 17.8 Å². The Hall–Kier alpha value is 0.350. The molecule has 76 valence electrons. The highest BCUT2D eigenvalue weighted by Crippen LogP contribution is 2.34. The Kier molecular flexibility index (Phi) is 4.36. The molecule has 2 aromatic heterocycles. The maximum absolute atomic E-state index is 4.17. The highest BCUT2D eigenvalue weighted by Gasteiger charge is 2.10. The van der Waals surface area contributed by atoms with Gasteiger partial charge in [0.05, 0.1) is 20.7 Å². The molecule has 0 aliphatic heterocycles. The first-order valence-corrected chi connectivity index (χ1v) is 6.01. The molecule has 0 radical (unpaired) electrons. The van der Waals surface area contributed by atoms with E-state index < -0.39 is 0 Å². The van der Waals surface area contributed by atoms with Crippen LogP contribution in [0, 0.1) is 0 Å². The predicted octanol–water partition coefficient (Wildman–Crippen LogP) is 4.25. The van der Waals surface area contributed by atoms with Gasteiger partial charge in [0.15, 0.2) is 0 Å². The Bertz CT molecular complexity index is 416. The molecule has 0 fully saturated rings. The van der Waals surface area contributed by atoms with Crippen LogP contribution in [0.15, 0.2) is 26.8 Å². The second-order valence-corrected chi connectivity index (χ2v) is 5.81. The van der Waals surface area contributed by atoms with E-state index in [-0.39, 0.29) is 17.0 Å². The van der Waals surface area contributed by atoms with Gasteiger partial charge < -0.3 is 4.57 Å². The van der Waals surface area contributed by atoms with Crippen molar-refractivity contribution in [1.29, 1.82) is 0 Å². The minimum atomic E-state index is 0. The van der Waals surface area contributed by atoms with Gasteiger partial charge in [-0.2, -0.15) is 0 Å². The normalized spacial score (nSPS) is 9.93. The molecule has 6 heteroatoms. The third-order valence-electron chi connectivity index (χ3n) is 1.70. The molecular formula is C8H7Br3N2S. The second kappa shape index (κ2) is 4.92. The Labute approximate surface area is 113 Å². The third-order valence-corrected chi connectivity index (χ3v) is 3.91. The van der Waals surface area contributed by atoms with Gasteiger partial charge in [-0.25, -0.2) is 4.98 Å². The molecule has 0 amide bonds. The first-order valence-electron chi connectivity index (χ1n) is 3.61. The van der Waals surface area contributed by atoms with Crippen molar-refractivity contribution in [2.24, 2.45) is 7.05 Å². The van der Waals surface area contributed by atoms with E-state index in [1.165, 1.54) is 4.88 Å². The summed E-state index contributed by atoms with van der Waals surface area (Å²) in [4.78, 5) is 5.38. The zero-order valence-corrected chi connectivity index (χ0v) is 12.9. The lowest BCUT2D eigenvalue weighted by Gasteiger charge is -1.98. The number of aromatic nitrogens is 2. The lowest BCUT2D eigenvalue weighted by molar-refractivity contribution is 0.923. The SMILES string of the molecule is Br.Cn1cnc(Br)c1-c1ccc(Br)s1. The molecule has 2 nitrogen and oxygen atoms in total. The smallest absolute Gasteiger partial charge is 0.132 e. The fraction of sp³-hybridized carbons (Fsp3) is 0.125. The van der Waals surface area contributed by atoms with E-state index in [4.69, 9.17) is 0 Å². The van der Waals surface area contributed by atoms with Crippen LogP contribution < -0.4 is 0 Å². The fourth-order valence-corrected chi connectivity index (χ4v) is 3.31. The maximum Gasteiger partial charge on any atom is 0.132 e. The van der Waals surface area contributed by atoms with Crippen LogP contribution in [-0.2, 0) is 7.05 Å². The first-order chi connectivity index (χ1) is 6.18. The van der Waals surface area contributed by atoms with Crippen molar-refractivity contribution in [3.05, 3.63) is 26.8 Å². The summed E-state index contributed by atoms with van der Waals surface area (Å²) in [7, 11) is 1.99. The second-order valence-electron chi connectivity index (χ2n) is 2.60. The summed E-state index contributed by atoms with van der Waals surface area (Å²) in [6, 6.07) is 4.12. The Morgan fingerprint density at radius 2 is 2.07 bits per heavy atom. The van der Waals surface area contributed by atoms with Gasteiger partial charge in [-0.15, -0.1) is 28.3 Å². The minimum absolute atomic E-state index is 0. The molecular weight excluding hydrogens is 396 g/mol. The van der Waals surface area contributed by atoms with Crippen molar-refractivity contribution in [3.8, 4) is 10.6 Å². The van der Waals surface area contributed by atoms with Gasteiger partial charge >= 0.3 is 0 Å². The molecule has 0 bridgehead atoms. The molecule has 0 saturated carbocycles. The van der Waals surface area contributed by atoms with E-state index in [2.05, 4.69) is 42.9 Å². The summed E-state index contributed by atoms with van der Waals surface area (Å²) in [5.74, 6) is 0. The van der Waals surface area contributed by atoms with Crippen LogP contribution in [-0.4, -0.2) is 9.55 Å². The van der Waals surface area contributed by atoms with Gasteiger partial charge in [-0.3, -0.25) is 0 Å². The van der Waals surface area contributed by atoms with Gasteiger partial charge in [-0.1, -0.05) is 0 Å². The Morgan fingerprint density at radius 1 is 1.36 bits per heavy atom. The van der Waals surface area contributed by atoms with Crippen molar-refractivity contribution in [1.82, 2.24) is 9.55 Å². The molecule has 0 atom stereocenters. The Balaban J connectivity index is 0.000000980. The van der Waals surface area contributed by atoms with Gasteiger partial charge in [0.2, 0.25) is 0 Å². The van der Waals surface area contributed by atoms with Crippen LogP contribution in [0.3, 0.4) is 0 Å². The third kappa shape index (κ3) is 2.29. The largest absolute Gasteiger partial charge is 0.332 e. The van der Waals surface area contributed by atoms with Crippen LogP contribution >= 0.6 is 60.2 Å². The van der Waals surface area contributed by atoms with Crippen LogP contribution in [0.4, 0.5) is 0 Å². The minimum Gasteiger partial charge on any atom is -0.332 e. The molecule has 0 aromatic carbocycles. The van der Waals surface area contributed by atoms with Crippen molar-refractivity contribution >= 4 is 60.2 Å². The van der Waals surface area contributed by atoms with E-state index >= 15 is 0 Å². The quantitative estimate of drug-likeness (QED) is 0.697. The Morgan fingerprint density at radius 3 is 2.50 bits per heavy atom. The van der Waals surface area contributed by atoms with Gasteiger partial charge in [0.1, 0.15) is 4.60 Å². The average molecular weight is 403 g/mol. The van der Waals surface area contributed by atoms with Crippen LogP contribution in [0.25, 0.3) is 10.6 Å². The van der Waals surface area contributed by atoms with Crippen molar-refractivity contribution in [3.63, 3.8) is 0 Å². The molecule has 0 saturated heterocycles. The monoisotopic (exact) mass is 400 g/mol. The number of halogens is 3. The number of nitrogens with zero attached hydrogens (tertiary/aromatic N) is 2. The summed E-state index contributed by atoms with van der Waals surface area (Å²) < 4.78 is 4.03. The van der Waals surface area contributed by atoms with Crippen LogP contribution in [0.2, 0.25) is 0 Å². The summed E-state index contributed by atoms with van der Waals surface area (Å²) in [5, 5.41) is 0. The molecule has 14 heavy (non-hydrogen) atoms. The molecule has 0 unspecified atom stereocenters. The standard InChI is InChI=1S/C8H6Br2N2S.BrH/c1-12-4-11-8(10)7(12)5-2-3-6(9)13-5;/h2-4H,1H3;1H. The molecule has 0 aliphatic rings. The maximum atomic E-state index is 4.17. The lowest BCUT2D eigenvalue weighted by Crippen LogP contribution is -1.86. The molecule has 0 N–H and O–H groups in total. The van der Waals surface area contributed by atoms with Crippen molar-refractivity contribution in [2.75, 3.05) is 0 Å². The molecule has 0 aliphatic carbocycles. The van der Waals surface area contributed by atoms with Crippen LogP contribution in [0.5, 0.6) is 0 Å². The van der Waals surface area contributed by atoms with Gasteiger partial charge in [-0.05, 0) is 44.0 Å².